The molecule has 0 amide bonds. The Bertz CT molecular complexity index is 330. The third-order valence-corrected chi connectivity index (χ3v) is 2.24. The maximum absolute atomic E-state index is 8.94. The third-order valence-electron chi connectivity index (χ3n) is 2.24. The van der Waals surface area contributed by atoms with Crippen LogP contribution in [0.15, 0.2) is 6.20 Å². The second-order valence-electron chi connectivity index (χ2n) is 3.92. The van der Waals surface area contributed by atoms with E-state index in [9.17, 15) is 0 Å². The number of aromatic nitrogens is 2. The molecule has 0 bridgehead atoms. The van der Waals surface area contributed by atoms with Gasteiger partial charge in [-0.1, -0.05) is 6.92 Å². The first-order valence-corrected chi connectivity index (χ1v) is 5.59. The van der Waals surface area contributed by atoms with Gasteiger partial charge in [-0.05, 0) is 19.8 Å². The molecule has 0 aliphatic heterocycles. The lowest BCUT2D eigenvalue weighted by atomic mass is 10.2. The van der Waals surface area contributed by atoms with Crippen molar-refractivity contribution >= 4 is 11.8 Å². The molecule has 1 heterocycles. The summed E-state index contributed by atoms with van der Waals surface area (Å²) in [5.74, 6) is 1.68. The molecule has 90 valence electrons. The Morgan fingerprint density at radius 1 is 1.44 bits per heavy atom. The van der Waals surface area contributed by atoms with E-state index in [0.29, 0.717) is 12.5 Å². The molecule has 0 spiro atoms. The van der Waals surface area contributed by atoms with Crippen LogP contribution in [0.3, 0.4) is 0 Å². The molecule has 16 heavy (non-hydrogen) atoms. The van der Waals surface area contributed by atoms with Gasteiger partial charge < -0.3 is 15.7 Å². The quantitative estimate of drug-likeness (QED) is 0.678. The Hall–Kier alpha value is -1.36. The zero-order chi connectivity index (χ0) is 12.0. The molecule has 1 rings (SSSR count). The second kappa shape index (κ2) is 6.27. The molecular formula is C11H20N4O. The maximum Gasteiger partial charge on any atom is 0.224 e. The van der Waals surface area contributed by atoms with Gasteiger partial charge in [-0.15, -0.1) is 0 Å². The summed E-state index contributed by atoms with van der Waals surface area (Å²) in [6.07, 6.45) is 1.79. The number of aryl methyl sites for hydroxylation is 1. The molecule has 3 N–H and O–H groups in total. The summed E-state index contributed by atoms with van der Waals surface area (Å²) in [4.78, 5) is 8.52. The maximum atomic E-state index is 8.94. The topological polar surface area (TPSA) is 70.1 Å². The van der Waals surface area contributed by atoms with Crippen molar-refractivity contribution in [1.29, 1.82) is 0 Å². The monoisotopic (exact) mass is 224 g/mol. The van der Waals surface area contributed by atoms with E-state index < -0.39 is 0 Å². The Kier molecular flexibility index (Phi) is 4.98. The van der Waals surface area contributed by atoms with Crippen LogP contribution in [0, 0.1) is 12.8 Å². The average molecular weight is 224 g/mol. The van der Waals surface area contributed by atoms with Crippen molar-refractivity contribution in [2.45, 2.75) is 20.8 Å². The van der Waals surface area contributed by atoms with Gasteiger partial charge in [0.05, 0.1) is 0 Å². The van der Waals surface area contributed by atoms with Crippen molar-refractivity contribution in [2.24, 2.45) is 5.92 Å². The third kappa shape index (κ3) is 3.66. The van der Waals surface area contributed by atoms with Gasteiger partial charge in [0.25, 0.3) is 0 Å². The Morgan fingerprint density at radius 3 is 2.81 bits per heavy atom. The number of rotatable bonds is 6. The van der Waals surface area contributed by atoms with Crippen LogP contribution in [0.4, 0.5) is 11.8 Å². The van der Waals surface area contributed by atoms with E-state index in [1.807, 2.05) is 20.8 Å². The lowest BCUT2D eigenvalue weighted by Gasteiger charge is -2.12. The summed E-state index contributed by atoms with van der Waals surface area (Å²) in [5, 5.41) is 15.2. The van der Waals surface area contributed by atoms with Crippen LogP contribution < -0.4 is 10.6 Å². The highest BCUT2D eigenvalue weighted by Gasteiger charge is 2.05. The summed E-state index contributed by atoms with van der Waals surface area (Å²) < 4.78 is 0. The zero-order valence-corrected chi connectivity index (χ0v) is 10.1. The minimum absolute atomic E-state index is 0.178. The number of anilines is 2. The highest BCUT2D eigenvalue weighted by molar-refractivity contribution is 5.46. The van der Waals surface area contributed by atoms with Gasteiger partial charge >= 0.3 is 0 Å². The van der Waals surface area contributed by atoms with Crippen LogP contribution >= 0.6 is 0 Å². The number of aliphatic hydroxyl groups is 1. The molecule has 1 unspecified atom stereocenters. The molecule has 0 aliphatic rings. The minimum atomic E-state index is 0.178. The molecule has 0 radical (unpaired) electrons. The lowest BCUT2D eigenvalue weighted by Crippen LogP contribution is -2.16. The summed E-state index contributed by atoms with van der Waals surface area (Å²) >= 11 is 0. The van der Waals surface area contributed by atoms with Gasteiger partial charge in [0.1, 0.15) is 5.82 Å². The van der Waals surface area contributed by atoms with E-state index >= 15 is 0 Å². The highest BCUT2D eigenvalue weighted by Crippen LogP contribution is 2.12. The fourth-order valence-corrected chi connectivity index (χ4v) is 1.20. The average Bonchev–Trinajstić information content (AvgIpc) is 2.29. The number of aliphatic hydroxyl groups excluding tert-OH is 1. The lowest BCUT2D eigenvalue weighted by molar-refractivity contribution is 0.244. The number of hydrogen-bond donors (Lipinski definition) is 3. The molecule has 1 aromatic rings. The van der Waals surface area contributed by atoms with E-state index in [4.69, 9.17) is 5.11 Å². The number of hydrogen-bond acceptors (Lipinski definition) is 5. The van der Waals surface area contributed by atoms with E-state index in [1.54, 1.807) is 6.20 Å². The molecule has 1 atom stereocenters. The van der Waals surface area contributed by atoms with Gasteiger partial charge in [-0.2, -0.15) is 4.98 Å². The fourth-order valence-electron chi connectivity index (χ4n) is 1.20. The van der Waals surface area contributed by atoms with E-state index in [1.165, 1.54) is 0 Å². The Morgan fingerprint density at radius 2 is 2.19 bits per heavy atom. The fraction of sp³-hybridized carbons (Fsp3) is 0.636. The summed E-state index contributed by atoms with van der Waals surface area (Å²) in [6.45, 7) is 7.63. The van der Waals surface area contributed by atoms with E-state index in [2.05, 4.69) is 20.6 Å². The van der Waals surface area contributed by atoms with Crippen LogP contribution in [0.25, 0.3) is 0 Å². The van der Waals surface area contributed by atoms with Crippen molar-refractivity contribution in [2.75, 3.05) is 30.3 Å². The molecule has 0 aromatic carbocycles. The molecular weight excluding hydrogens is 204 g/mol. The molecule has 0 saturated heterocycles. The van der Waals surface area contributed by atoms with Crippen molar-refractivity contribution in [3.8, 4) is 0 Å². The standard InChI is InChI=1S/C11H20N4O/c1-4-12-11-14-6-9(3)10(15-11)13-5-8(2)7-16/h6,8,16H,4-5,7H2,1-3H3,(H2,12,13,14,15). The predicted molar refractivity (Wildman–Crippen MR) is 65.7 cm³/mol. The first-order valence-electron chi connectivity index (χ1n) is 5.59. The van der Waals surface area contributed by atoms with Crippen LogP contribution in [0.5, 0.6) is 0 Å². The van der Waals surface area contributed by atoms with Gasteiger partial charge in [-0.3, -0.25) is 0 Å². The summed E-state index contributed by atoms with van der Waals surface area (Å²) in [6, 6.07) is 0. The highest BCUT2D eigenvalue weighted by atomic mass is 16.3. The smallest absolute Gasteiger partial charge is 0.224 e. The molecule has 0 aliphatic carbocycles. The first-order chi connectivity index (χ1) is 7.67. The normalized spacial score (nSPS) is 12.2. The van der Waals surface area contributed by atoms with Gasteiger partial charge in [0, 0.05) is 31.5 Å². The first kappa shape index (κ1) is 12.7. The van der Waals surface area contributed by atoms with Crippen molar-refractivity contribution < 1.29 is 5.11 Å². The summed E-state index contributed by atoms with van der Waals surface area (Å²) in [5.41, 5.74) is 1.01. The molecule has 0 saturated carbocycles. The predicted octanol–water partition coefficient (Wildman–Crippen LogP) is 1.26. The van der Waals surface area contributed by atoms with Crippen molar-refractivity contribution in [3.05, 3.63) is 11.8 Å². The van der Waals surface area contributed by atoms with Crippen LogP contribution in [0.1, 0.15) is 19.4 Å². The molecule has 5 nitrogen and oxygen atoms in total. The molecule has 0 fully saturated rings. The molecule has 5 heteroatoms. The largest absolute Gasteiger partial charge is 0.396 e. The van der Waals surface area contributed by atoms with Crippen molar-refractivity contribution in [1.82, 2.24) is 9.97 Å². The SMILES string of the molecule is CCNc1ncc(C)c(NCC(C)CO)n1. The zero-order valence-electron chi connectivity index (χ0n) is 10.1. The number of nitrogens with zero attached hydrogens (tertiary/aromatic N) is 2. The van der Waals surface area contributed by atoms with E-state index in [0.717, 1.165) is 17.9 Å². The molecule has 1 aromatic heterocycles. The van der Waals surface area contributed by atoms with Crippen LogP contribution in [-0.2, 0) is 0 Å². The minimum Gasteiger partial charge on any atom is -0.396 e. The van der Waals surface area contributed by atoms with Gasteiger partial charge in [0.15, 0.2) is 0 Å². The van der Waals surface area contributed by atoms with Crippen LogP contribution in [-0.4, -0.2) is 34.8 Å². The summed E-state index contributed by atoms with van der Waals surface area (Å²) in [7, 11) is 0. The Labute approximate surface area is 96.3 Å². The van der Waals surface area contributed by atoms with Crippen molar-refractivity contribution in [3.63, 3.8) is 0 Å². The second-order valence-corrected chi connectivity index (χ2v) is 3.92. The van der Waals surface area contributed by atoms with Gasteiger partial charge in [0.2, 0.25) is 5.95 Å². The van der Waals surface area contributed by atoms with E-state index in [-0.39, 0.29) is 12.5 Å². The van der Waals surface area contributed by atoms with Crippen LogP contribution in [0.2, 0.25) is 0 Å². The Balaban J connectivity index is 2.66. The van der Waals surface area contributed by atoms with Gasteiger partial charge in [-0.25, -0.2) is 4.98 Å². The number of nitrogens with one attached hydrogen (secondary N) is 2.